The van der Waals surface area contributed by atoms with E-state index in [2.05, 4.69) is 17.6 Å². The monoisotopic (exact) mass is 282 g/mol. The number of rotatable bonds is 4. The molecule has 1 aromatic carbocycles. The number of halogens is 1. The zero-order chi connectivity index (χ0) is 13.9. The van der Waals surface area contributed by atoms with Gasteiger partial charge in [-0.2, -0.15) is 0 Å². The smallest absolute Gasteiger partial charge is 0.238 e. The van der Waals surface area contributed by atoms with Crippen LogP contribution in [0.5, 0.6) is 0 Å². The summed E-state index contributed by atoms with van der Waals surface area (Å²) in [5.41, 5.74) is 0.620. The average Bonchev–Trinajstić information content (AvgIpc) is 2.71. The SMILES string of the molecule is CC1OCCC1(C)NCC(=O)Nc1ccc(Cl)cc1. The van der Waals surface area contributed by atoms with Gasteiger partial charge in [-0.05, 0) is 44.5 Å². The summed E-state index contributed by atoms with van der Waals surface area (Å²) in [5, 5.41) is 6.75. The fourth-order valence-electron chi connectivity index (χ4n) is 2.09. The molecule has 0 bridgehead atoms. The third-order valence-electron chi connectivity index (χ3n) is 3.67. The van der Waals surface area contributed by atoms with E-state index in [4.69, 9.17) is 16.3 Å². The lowest BCUT2D eigenvalue weighted by Crippen LogP contribution is -2.50. The van der Waals surface area contributed by atoms with Crippen LogP contribution < -0.4 is 10.6 Å². The van der Waals surface area contributed by atoms with E-state index in [1.807, 2.05) is 6.92 Å². The number of nitrogens with one attached hydrogen (secondary N) is 2. The predicted octanol–water partition coefficient (Wildman–Crippen LogP) is 2.44. The van der Waals surface area contributed by atoms with Gasteiger partial charge in [0, 0.05) is 22.9 Å². The molecular weight excluding hydrogens is 264 g/mol. The van der Waals surface area contributed by atoms with E-state index in [9.17, 15) is 4.79 Å². The van der Waals surface area contributed by atoms with Gasteiger partial charge in [-0.1, -0.05) is 11.6 Å². The Morgan fingerprint density at radius 3 is 2.74 bits per heavy atom. The highest BCUT2D eigenvalue weighted by atomic mass is 35.5. The molecule has 1 saturated heterocycles. The number of carbonyl (C=O) groups excluding carboxylic acids is 1. The minimum Gasteiger partial charge on any atom is -0.377 e. The number of amides is 1. The first-order valence-corrected chi connectivity index (χ1v) is 6.79. The highest BCUT2D eigenvalue weighted by molar-refractivity contribution is 6.30. The minimum absolute atomic E-state index is 0.0670. The molecule has 1 fully saturated rings. The maximum atomic E-state index is 11.9. The van der Waals surface area contributed by atoms with E-state index in [1.54, 1.807) is 24.3 Å². The molecule has 1 heterocycles. The van der Waals surface area contributed by atoms with Gasteiger partial charge in [0.25, 0.3) is 0 Å². The van der Waals surface area contributed by atoms with Gasteiger partial charge < -0.3 is 15.4 Å². The molecule has 2 rings (SSSR count). The van der Waals surface area contributed by atoms with Crippen LogP contribution in [-0.2, 0) is 9.53 Å². The molecule has 0 aromatic heterocycles. The van der Waals surface area contributed by atoms with E-state index in [0.717, 1.165) is 18.7 Å². The molecule has 19 heavy (non-hydrogen) atoms. The average molecular weight is 283 g/mol. The first-order valence-electron chi connectivity index (χ1n) is 6.42. The number of ether oxygens (including phenoxy) is 1. The number of benzene rings is 1. The van der Waals surface area contributed by atoms with Crippen molar-refractivity contribution in [2.45, 2.75) is 31.9 Å². The van der Waals surface area contributed by atoms with Crippen molar-refractivity contribution in [1.82, 2.24) is 5.32 Å². The first kappa shape index (κ1) is 14.3. The molecule has 0 saturated carbocycles. The Balaban J connectivity index is 1.83. The van der Waals surface area contributed by atoms with Crippen molar-refractivity contribution in [2.75, 3.05) is 18.5 Å². The Morgan fingerprint density at radius 2 is 2.16 bits per heavy atom. The number of hydrogen-bond donors (Lipinski definition) is 2. The van der Waals surface area contributed by atoms with E-state index in [1.165, 1.54) is 0 Å². The van der Waals surface area contributed by atoms with Crippen LogP contribution in [0.2, 0.25) is 5.02 Å². The van der Waals surface area contributed by atoms with Gasteiger partial charge in [-0.3, -0.25) is 4.79 Å². The summed E-state index contributed by atoms with van der Waals surface area (Å²) < 4.78 is 5.52. The zero-order valence-corrected chi connectivity index (χ0v) is 12.0. The zero-order valence-electron chi connectivity index (χ0n) is 11.2. The Morgan fingerprint density at radius 1 is 1.47 bits per heavy atom. The third-order valence-corrected chi connectivity index (χ3v) is 3.92. The Kier molecular flexibility index (Phi) is 4.45. The van der Waals surface area contributed by atoms with Crippen molar-refractivity contribution >= 4 is 23.2 Å². The summed E-state index contributed by atoms with van der Waals surface area (Å²) in [6.45, 7) is 5.12. The fraction of sp³-hybridized carbons (Fsp3) is 0.500. The standard InChI is InChI=1S/C14H19ClN2O2/c1-10-14(2,7-8-19-10)16-9-13(18)17-12-5-3-11(15)4-6-12/h3-6,10,16H,7-9H2,1-2H3,(H,17,18). The molecule has 2 unspecified atom stereocenters. The molecular formula is C14H19ClN2O2. The molecule has 5 heteroatoms. The molecule has 1 amide bonds. The Labute approximate surface area is 118 Å². The predicted molar refractivity (Wildman–Crippen MR) is 76.5 cm³/mol. The van der Waals surface area contributed by atoms with Crippen LogP contribution in [0.3, 0.4) is 0 Å². The Bertz CT molecular complexity index is 449. The molecule has 0 spiro atoms. The van der Waals surface area contributed by atoms with Crippen molar-refractivity contribution in [3.63, 3.8) is 0 Å². The molecule has 0 radical (unpaired) electrons. The summed E-state index contributed by atoms with van der Waals surface area (Å²) in [4.78, 5) is 11.9. The Hall–Kier alpha value is -1.10. The molecule has 1 aromatic rings. The van der Waals surface area contributed by atoms with E-state index in [0.29, 0.717) is 5.02 Å². The highest BCUT2D eigenvalue weighted by Gasteiger charge is 2.36. The van der Waals surface area contributed by atoms with Crippen LogP contribution in [0, 0.1) is 0 Å². The van der Waals surface area contributed by atoms with Crippen LogP contribution in [0.1, 0.15) is 20.3 Å². The number of carbonyl (C=O) groups is 1. The largest absolute Gasteiger partial charge is 0.377 e. The maximum absolute atomic E-state index is 11.9. The van der Waals surface area contributed by atoms with Crippen LogP contribution >= 0.6 is 11.6 Å². The fourth-order valence-corrected chi connectivity index (χ4v) is 2.21. The molecule has 104 valence electrons. The first-order chi connectivity index (χ1) is 8.99. The summed E-state index contributed by atoms with van der Waals surface area (Å²) in [6, 6.07) is 7.06. The summed E-state index contributed by atoms with van der Waals surface area (Å²) in [6.07, 6.45) is 1.04. The van der Waals surface area contributed by atoms with Gasteiger partial charge in [-0.15, -0.1) is 0 Å². The van der Waals surface area contributed by atoms with E-state index in [-0.39, 0.29) is 24.1 Å². The summed E-state index contributed by atoms with van der Waals surface area (Å²) in [7, 11) is 0. The molecule has 4 nitrogen and oxygen atoms in total. The topological polar surface area (TPSA) is 50.4 Å². The van der Waals surface area contributed by atoms with Gasteiger partial charge >= 0.3 is 0 Å². The molecule has 2 N–H and O–H groups in total. The third kappa shape index (κ3) is 3.69. The van der Waals surface area contributed by atoms with Gasteiger partial charge in [0.15, 0.2) is 0 Å². The molecule has 0 aliphatic carbocycles. The van der Waals surface area contributed by atoms with E-state index >= 15 is 0 Å². The van der Waals surface area contributed by atoms with E-state index < -0.39 is 0 Å². The molecule has 1 aliphatic rings. The van der Waals surface area contributed by atoms with Crippen LogP contribution in [-0.4, -0.2) is 30.7 Å². The number of hydrogen-bond acceptors (Lipinski definition) is 3. The van der Waals surface area contributed by atoms with Gasteiger partial charge in [-0.25, -0.2) is 0 Å². The van der Waals surface area contributed by atoms with Gasteiger partial charge in [0.05, 0.1) is 12.6 Å². The molecule has 2 atom stereocenters. The van der Waals surface area contributed by atoms with Crippen molar-refractivity contribution in [2.24, 2.45) is 0 Å². The maximum Gasteiger partial charge on any atom is 0.238 e. The summed E-state index contributed by atoms with van der Waals surface area (Å²) >= 11 is 5.79. The van der Waals surface area contributed by atoms with Crippen molar-refractivity contribution < 1.29 is 9.53 Å². The molecule has 1 aliphatic heterocycles. The lowest BCUT2D eigenvalue weighted by molar-refractivity contribution is -0.115. The lowest BCUT2D eigenvalue weighted by atomic mass is 9.95. The minimum atomic E-state index is -0.128. The second-order valence-electron chi connectivity index (χ2n) is 5.09. The highest BCUT2D eigenvalue weighted by Crippen LogP contribution is 2.24. The number of anilines is 1. The van der Waals surface area contributed by atoms with Gasteiger partial charge in [0.2, 0.25) is 5.91 Å². The normalized spacial score (nSPS) is 26.4. The van der Waals surface area contributed by atoms with Crippen molar-refractivity contribution in [3.8, 4) is 0 Å². The van der Waals surface area contributed by atoms with Crippen molar-refractivity contribution in [1.29, 1.82) is 0 Å². The second-order valence-corrected chi connectivity index (χ2v) is 5.53. The van der Waals surface area contributed by atoms with Crippen LogP contribution in [0.15, 0.2) is 24.3 Å². The van der Waals surface area contributed by atoms with Crippen molar-refractivity contribution in [3.05, 3.63) is 29.3 Å². The lowest BCUT2D eigenvalue weighted by Gasteiger charge is -2.28. The quantitative estimate of drug-likeness (QED) is 0.892. The van der Waals surface area contributed by atoms with Crippen LogP contribution in [0.25, 0.3) is 0 Å². The van der Waals surface area contributed by atoms with Gasteiger partial charge in [0.1, 0.15) is 0 Å². The van der Waals surface area contributed by atoms with Crippen LogP contribution in [0.4, 0.5) is 5.69 Å². The summed E-state index contributed by atoms with van der Waals surface area (Å²) in [5.74, 6) is -0.0670. The second kappa shape index (κ2) is 5.90.